The summed E-state index contributed by atoms with van der Waals surface area (Å²) in [5, 5.41) is 5.30. The van der Waals surface area contributed by atoms with Crippen molar-refractivity contribution in [1.82, 2.24) is 0 Å². The second kappa shape index (κ2) is 8.87. The van der Waals surface area contributed by atoms with Crippen LogP contribution >= 0.6 is 0 Å². The maximum atomic E-state index is 13.8. The third-order valence-corrected chi connectivity index (χ3v) is 5.66. The van der Waals surface area contributed by atoms with Crippen LogP contribution in [0.3, 0.4) is 0 Å². The lowest BCUT2D eigenvalue weighted by molar-refractivity contribution is -0.120. The average Bonchev–Trinajstić information content (AvgIpc) is 3.09. The van der Waals surface area contributed by atoms with Gasteiger partial charge in [-0.1, -0.05) is 78.9 Å². The van der Waals surface area contributed by atoms with Gasteiger partial charge in [-0.2, -0.15) is 0 Å². The SMILES string of the molecule is CC(C)Oc1ccccc1N1C(=O)C(Nc2cccc3ccccc23)=C(c2ccccc2)C1=O. The number of nitrogens with zero attached hydrogens (tertiary/aromatic N) is 1. The van der Waals surface area contributed by atoms with Crippen molar-refractivity contribution in [3.05, 3.63) is 108 Å². The molecule has 0 bridgehead atoms. The lowest BCUT2D eigenvalue weighted by Gasteiger charge is -2.20. The van der Waals surface area contributed by atoms with Gasteiger partial charge in [-0.25, -0.2) is 4.90 Å². The van der Waals surface area contributed by atoms with Crippen molar-refractivity contribution in [2.45, 2.75) is 20.0 Å². The van der Waals surface area contributed by atoms with Crippen LogP contribution in [0.15, 0.2) is 103 Å². The second-order valence-electron chi connectivity index (χ2n) is 8.35. The van der Waals surface area contributed by atoms with Crippen LogP contribution < -0.4 is 15.0 Å². The summed E-state index contributed by atoms with van der Waals surface area (Å²) in [6.07, 6.45) is -0.108. The van der Waals surface area contributed by atoms with Crippen molar-refractivity contribution in [2.24, 2.45) is 0 Å². The number of nitrogens with one attached hydrogen (secondary N) is 1. The number of benzene rings is 4. The Morgan fingerprint density at radius 3 is 2.21 bits per heavy atom. The van der Waals surface area contributed by atoms with Gasteiger partial charge in [0.05, 0.1) is 17.4 Å². The zero-order valence-corrected chi connectivity index (χ0v) is 19.0. The largest absolute Gasteiger partial charge is 0.489 e. The van der Waals surface area contributed by atoms with E-state index in [1.54, 1.807) is 18.2 Å². The topological polar surface area (TPSA) is 58.6 Å². The Morgan fingerprint density at radius 2 is 1.41 bits per heavy atom. The number of rotatable bonds is 6. The molecule has 0 unspecified atom stereocenters. The lowest BCUT2D eigenvalue weighted by atomic mass is 10.0. The first-order chi connectivity index (χ1) is 16.5. The van der Waals surface area contributed by atoms with E-state index in [9.17, 15) is 9.59 Å². The summed E-state index contributed by atoms with van der Waals surface area (Å²) < 4.78 is 5.92. The minimum Gasteiger partial charge on any atom is -0.489 e. The molecule has 0 radical (unpaired) electrons. The van der Waals surface area contributed by atoms with Gasteiger partial charge in [-0.3, -0.25) is 9.59 Å². The molecule has 2 amide bonds. The molecular formula is C29H24N2O3. The number of hydrogen-bond donors (Lipinski definition) is 1. The van der Waals surface area contributed by atoms with Crippen LogP contribution in [-0.4, -0.2) is 17.9 Å². The van der Waals surface area contributed by atoms with Crippen LogP contribution in [0.4, 0.5) is 11.4 Å². The van der Waals surface area contributed by atoms with Crippen molar-refractivity contribution >= 4 is 39.5 Å². The van der Waals surface area contributed by atoms with E-state index in [0.717, 1.165) is 16.5 Å². The number of amides is 2. The number of carbonyl (C=O) groups is 2. The Hall–Kier alpha value is -4.38. The lowest BCUT2D eigenvalue weighted by Crippen LogP contribution is -2.33. The summed E-state index contributed by atoms with van der Waals surface area (Å²) >= 11 is 0. The molecule has 1 N–H and O–H groups in total. The molecule has 0 saturated heterocycles. The van der Waals surface area contributed by atoms with E-state index in [-0.39, 0.29) is 11.8 Å². The number of imide groups is 1. The molecule has 0 fully saturated rings. The fourth-order valence-corrected chi connectivity index (χ4v) is 4.20. The Balaban J connectivity index is 1.64. The van der Waals surface area contributed by atoms with Crippen LogP contribution in [0, 0.1) is 0 Å². The van der Waals surface area contributed by atoms with Gasteiger partial charge in [0.25, 0.3) is 11.8 Å². The fourth-order valence-electron chi connectivity index (χ4n) is 4.20. The van der Waals surface area contributed by atoms with Gasteiger partial charge in [0.15, 0.2) is 0 Å². The van der Waals surface area contributed by atoms with E-state index in [2.05, 4.69) is 5.32 Å². The summed E-state index contributed by atoms with van der Waals surface area (Å²) in [7, 11) is 0. The number of ether oxygens (including phenoxy) is 1. The first-order valence-electron chi connectivity index (χ1n) is 11.2. The van der Waals surface area contributed by atoms with E-state index < -0.39 is 11.8 Å². The summed E-state index contributed by atoms with van der Waals surface area (Å²) in [5.41, 5.74) is 2.43. The van der Waals surface area contributed by atoms with Gasteiger partial charge in [0, 0.05) is 11.1 Å². The third kappa shape index (κ3) is 3.82. The fraction of sp³-hybridized carbons (Fsp3) is 0.103. The summed E-state index contributed by atoms with van der Waals surface area (Å²) in [6, 6.07) is 30.2. The van der Waals surface area contributed by atoms with Crippen molar-refractivity contribution < 1.29 is 14.3 Å². The Kier molecular flexibility index (Phi) is 5.60. The Morgan fingerprint density at radius 1 is 0.735 bits per heavy atom. The highest BCUT2D eigenvalue weighted by Gasteiger charge is 2.41. The molecule has 4 aromatic carbocycles. The highest BCUT2D eigenvalue weighted by atomic mass is 16.5. The molecule has 168 valence electrons. The standard InChI is InChI=1S/C29H24N2O3/c1-19(2)34-25-18-9-8-17-24(25)31-28(32)26(21-12-4-3-5-13-21)27(29(31)33)30-23-16-10-14-20-11-6-7-15-22(20)23/h3-19,30H,1-2H3. The van der Waals surface area contributed by atoms with E-state index in [1.807, 2.05) is 92.7 Å². The van der Waals surface area contributed by atoms with E-state index >= 15 is 0 Å². The molecule has 1 heterocycles. The minimum atomic E-state index is -0.420. The molecular weight excluding hydrogens is 424 g/mol. The maximum Gasteiger partial charge on any atom is 0.282 e. The van der Waals surface area contributed by atoms with E-state index in [4.69, 9.17) is 4.74 Å². The highest BCUT2D eigenvalue weighted by Crippen LogP contribution is 2.38. The first-order valence-corrected chi connectivity index (χ1v) is 11.2. The highest BCUT2D eigenvalue weighted by molar-refractivity contribution is 6.46. The second-order valence-corrected chi connectivity index (χ2v) is 8.35. The van der Waals surface area contributed by atoms with E-state index in [0.29, 0.717) is 22.6 Å². The van der Waals surface area contributed by atoms with Gasteiger partial charge in [0.2, 0.25) is 0 Å². The van der Waals surface area contributed by atoms with Crippen molar-refractivity contribution in [3.8, 4) is 5.75 Å². The van der Waals surface area contributed by atoms with Crippen LogP contribution in [-0.2, 0) is 9.59 Å². The number of hydrogen-bond acceptors (Lipinski definition) is 4. The molecule has 0 aromatic heterocycles. The number of anilines is 2. The van der Waals surface area contributed by atoms with Crippen LogP contribution in [0.2, 0.25) is 0 Å². The Bertz CT molecular complexity index is 1420. The zero-order valence-electron chi connectivity index (χ0n) is 19.0. The van der Waals surface area contributed by atoms with Gasteiger partial charge in [-0.05, 0) is 43.0 Å². The first kappa shape index (κ1) is 21.5. The number of fused-ring (bicyclic) bond motifs is 1. The summed E-state index contributed by atoms with van der Waals surface area (Å²) in [5.74, 6) is -0.326. The molecule has 5 heteroatoms. The molecule has 0 spiro atoms. The number of para-hydroxylation sites is 2. The Labute approximate surface area is 198 Å². The summed E-state index contributed by atoms with van der Waals surface area (Å²) in [6.45, 7) is 3.82. The molecule has 34 heavy (non-hydrogen) atoms. The monoisotopic (exact) mass is 448 g/mol. The van der Waals surface area contributed by atoms with E-state index in [1.165, 1.54) is 4.90 Å². The number of carbonyl (C=O) groups excluding carboxylic acids is 2. The predicted octanol–water partition coefficient (Wildman–Crippen LogP) is 6.02. The molecule has 5 rings (SSSR count). The molecule has 4 aromatic rings. The maximum absolute atomic E-state index is 13.8. The molecule has 0 atom stereocenters. The molecule has 0 aliphatic carbocycles. The van der Waals surface area contributed by atoms with Crippen LogP contribution in [0.5, 0.6) is 5.75 Å². The average molecular weight is 449 g/mol. The van der Waals surface area contributed by atoms with Gasteiger partial charge in [0.1, 0.15) is 11.4 Å². The van der Waals surface area contributed by atoms with Gasteiger partial charge >= 0.3 is 0 Å². The minimum absolute atomic E-state index is 0.108. The van der Waals surface area contributed by atoms with Crippen molar-refractivity contribution in [3.63, 3.8) is 0 Å². The van der Waals surface area contributed by atoms with Crippen LogP contribution in [0.1, 0.15) is 19.4 Å². The zero-order chi connectivity index (χ0) is 23.7. The molecule has 0 saturated carbocycles. The summed E-state index contributed by atoms with van der Waals surface area (Å²) in [4.78, 5) is 28.8. The smallest absolute Gasteiger partial charge is 0.282 e. The van der Waals surface area contributed by atoms with Crippen molar-refractivity contribution in [1.29, 1.82) is 0 Å². The predicted molar refractivity (Wildman–Crippen MR) is 136 cm³/mol. The third-order valence-electron chi connectivity index (χ3n) is 5.66. The quantitative estimate of drug-likeness (QED) is 0.366. The molecule has 1 aliphatic heterocycles. The van der Waals surface area contributed by atoms with Crippen molar-refractivity contribution in [2.75, 3.05) is 10.2 Å². The normalized spacial score (nSPS) is 13.8. The van der Waals surface area contributed by atoms with Crippen LogP contribution in [0.25, 0.3) is 16.3 Å². The molecule has 1 aliphatic rings. The van der Waals surface area contributed by atoms with Gasteiger partial charge in [-0.15, -0.1) is 0 Å². The van der Waals surface area contributed by atoms with Gasteiger partial charge < -0.3 is 10.1 Å². The molecule has 5 nitrogen and oxygen atoms in total.